The monoisotopic (exact) mass is 402 g/mol. The van der Waals surface area contributed by atoms with Crippen molar-refractivity contribution in [1.82, 2.24) is 0 Å². The van der Waals surface area contributed by atoms with Gasteiger partial charge in [-0.2, -0.15) is 0 Å². The first kappa shape index (κ1) is 37.8. The topological polar surface area (TPSA) is 210 Å². The first-order valence-corrected chi connectivity index (χ1v) is 1.46. The second kappa shape index (κ2) is 145. The Morgan fingerprint density at radius 2 is 0.571 bits per heavy atom. The van der Waals surface area contributed by atoms with Crippen LogP contribution in [-0.4, -0.2) is 29.6 Å². The second-order valence-electron chi connectivity index (χ2n) is 0.298. The standard InChI is InChI=1S/4HNO2.Na.Pt/c4*2-1-3;;/h4*(H,2,3);;/p-4. The van der Waals surface area contributed by atoms with Crippen LogP contribution >= 0.6 is 0 Å². The second-order valence-corrected chi connectivity index (χ2v) is 0.298. The minimum Gasteiger partial charge on any atom is -0.444 e. The molecule has 0 aromatic carbocycles. The summed E-state index contributed by atoms with van der Waals surface area (Å²) >= 11 is 0. The van der Waals surface area contributed by atoms with Gasteiger partial charge in [0.05, 0.1) is 0 Å². The molecular weight excluding hydrogens is 402 g/mol. The van der Waals surface area contributed by atoms with E-state index >= 15 is 0 Å². The molecule has 0 saturated heterocycles. The third kappa shape index (κ3) is 2360. The van der Waals surface area contributed by atoms with Crippen molar-refractivity contribution in [1.29, 1.82) is 0 Å². The van der Waals surface area contributed by atoms with E-state index in [1.165, 1.54) is 0 Å². The Morgan fingerprint density at radius 3 is 0.571 bits per heavy atom. The molecule has 14 heavy (non-hydrogen) atoms. The van der Waals surface area contributed by atoms with Crippen LogP contribution in [0.5, 0.6) is 0 Å². The smallest absolute Gasteiger partial charge is 0 e. The summed E-state index contributed by atoms with van der Waals surface area (Å²) in [5.41, 5.74) is 0. The Bertz CT molecular complexity index is 75.3. The molecule has 0 aromatic rings. The van der Waals surface area contributed by atoms with Gasteiger partial charge in [-0.15, -0.1) is 21.4 Å². The van der Waals surface area contributed by atoms with E-state index in [4.69, 9.17) is 40.5 Å². The molecule has 0 spiro atoms. The summed E-state index contributed by atoms with van der Waals surface area (Å²) < 4.78 is 0. The molecule has 0 amide bonds. The molecule has 0 aliphatic heterocycles. The van der Waals surface area contributed by atoms with Crippen LogP contribution in [-0.2, 0) is 21.1 Å². The molecule has 0 atom stereocenters. The minimum atomic E-state index is 0. The van der Waals surface area contributed by atoms with Crippen LogP contribution in [0.2, 0.25) is 0 Å². The van der Waals surface area contributed by atoms with E-state index in [-0.39, 0.29) is 50.6 Å². The zero-order valence-electron chi connectivity index (χ0n) is 6.37. The van der Waals surface area contributed by atoms with Crippen molar-refractivity contribution >= 4 is 29.6 Å². The summed E-state index contributed by atoms with van der Waals surface area (Å²) in [4.78, 5) is 32.0. The maximum absolute atomic E-state index is 8.00. The van der Waals surface area contributed by atoms with Gasteiger partial charge in [0.15, 0.2) is 0 Å². The fourth-order valence-corrected chi connectivity index (χ4v) is 0. The molecule has 0 bridgehead atoms. The summed E-state index contributed by atoms with van der Waals surface area (Å²) in [6, 6.07) is 0. The Kier molecular flexibility index (Phi) is 391. The Hall–Kier alpha value is -0.712. The number of hydrogen-bond donors (Lipinski definition) is 0. The van der Waals surface area contributed by atoms with Crippen molar-refractivity contribution < 1.29 is 21.1 Å². The molecule has 0 aromatic heterocycles. The van der Waals surface area contributed by atoms with Crippen LogP contribution in [0.25, 0.3) is 0 Å². The molecule has 0 aliphatic carbocycles. The van der Waals surface area contributed by atoms with Gasteiger partial charge in [-0.05, 0) is 0 Å². The van der Waals surface area contributed by atoms with Crippen LogP contribution in [0.15, 0.2) is 21.4 Å². The van der Waals surface area contributed by atoms with Crippen molar-refractivity contribution in [2.24, 2.45) is 21.4 Å². The van der Waals surface area contributed by atoms with Gasteiger partial charge in [0, 0.05) is 50.6 Å². The molecule has 83 valence electrons. The predicted molar refractivity (Wildman–Crippen MR) is 42.4 cm³/mol. The molecule has 0 unspecified atom stereocenters. The van der Waals surface area contributed by atoms with Gasteiger partial charge in [-0.25, -0.2) is 0 Å². The average molecular weight is 402 g/mol. The van der Waals surface area contributed by atoms with Gasteiger partial charge in [-0.3, -0.25) is 0 Å². The van der Waals surface area contributed by atoms with Gasteiger partial charge in [-0.1, -0.05) is 0 Å². The van der Waals surface area contributed by atoms with E-state index in [1.807, 2.05) is 0 Å². The Balaban J connectivity index is -0.0000000145. The fourth-order valence-electron chi connectivity index (χ4n) is 0. The zero-order chi connectivity index (χ0) is 10.8. The summed E-state index contributed by atoms with van der Waals surface area (Å²) in [6.07, 6.45) is 0. The van der Waals surface area contributed by atoms with E-state index in [0.717, 1.165) is 21.4 Å². The third-order valence-corrected chi connectivity index (χ3v) is 0. The van der Waals surface area contributed by atoms with Crippen LogP contribution in [0.4, 0.5) is 0 Å². The molecule has 1 radical (unpaired) electrons. The van der Waals surface area contributed by atoms with Crippen molar-refractivity contribution in [2.45, 2.75) is 0 Å². The fraction of sp³-hybridized carbons (Fsp3) is 0. The summed E-state index contributed by atoms with van der Waals surface area (Å²) in [6.45, 7) is 0. The van der Waals surface area contributed by atoms with E-state index < -0.39 is 0 Å². The average Bonchev–Trinajstić information content (AvgIpc) is 1.92. The Labute approximate surface area is 112 Å². The molecule has 0 saturated carbocycles. The molecule has 0 heterocycles. The predicted octanol–water partition coefficient (Wildman–Crippen LogP) is 0.619. The zero-order valence-corrected chi connectivity index (χ0v) is 10.6. The summed E-state index contributed by atoms with van der Waals surface area (Å²) in [7, 11) is 0. The number of hydrogen-bond acceptors (Lipinski definition) is 12. The van der Waals surface area contributed by atoms with Crippen molar-refractivity contribution in [3.05, 3.63) is 40.5 Å². The van der Waals surface area contributed by atoms with E-state index in [9.17, 15) is 0 Å². The molecule has 14 heteroatoms. The summed E-state index contributed by atoms with van der Waals surface area (Å²) in [5.74, 6) is 0. The van der Waals surface area contributed by atoms with Crippen LogP contribution in [0, 0.1) is 40.5 Å². The maximum Gasteiger partial charge on any atom is 0 e. The van der Waals surface area contributed by atoms with Crippen molar-refractivity contribution in [2.75, 3.05) is 0 Å². The molecule has 0 N–H and O–H groups in total. The van der Waals surface area contributed by atoms with Crippen molar-refractivity contribution in [3.63, 3.8) is 0 Å². The largest absolute Gasteiger partial charge is 0.444 e. The number of rotatable bonds is 0. The van der Waals surface area contributed by atoms with Crippen LogP contribution in [0.1, 0.15) is 0 Å². The minimum absolute atomic E-state index is 0. The first-order chi connectivity index (χ1) is 5.66. The van der Waals surface area contributed by atoms with Gasteiger partial charge in [0.1, 0.15) is 0 Å². The van der Waals surface area contributed by atoms with Gasteiger partial charge in [0.25, 0.3) is 0 Å². The van der Waals surface area contributed by atoms with E-state index in [2.05, 4.69) is 0 Å². The molecule has 0 fully saturated rings. The normalized spacial score (nSPS) is 3.43. The van der Waals surface area contributed by atoms with Gasteiger partial charge in [0.2, 0.25) is 0 Å². The SMILES string of the molecule is O=N[O-].O=N[O-].O=N[O-].O=N[O-].[Na].[Pt]. The van der Waals surface area contributed by atoms with Crippen molar-refractivity contribution in [3.8, 4) is 0 Å². The maximum atomic E-state index is 8.00. The quantitative estimate of drug-likeness (QED) is 0.317. The Morgan fingerprint density at radius 1 is 0.571 bits per heavy atom. The third-order valence-electron chi connectivity index (χ3n) is 0. The van der Waals surface area contributed by atoms with Crippen LogP contribution < -0.4 is 0 Å². The van der Waals surface area contributed by atoms with E-state index in [0.29, 0.717) is 0 Å². The first-order valence-electron chi connectivity index (χ1n) is 1.46. The molecule has 12 nitrogen and oxygen atoms in total. The van der Waals surface area contributed by atoms with E-state index in [1.54, 1.807) is 0 Å². The van der Waals surface area contributed by atoms with Gasteiger partial charge < -0.3 is 40.5 Å². The molecular formula is N4NaO8Pt-4. The molecule has 0 rings (SSSR count). The number of nitrogens with zero attached hydrogens (tertiary/aromatic N) is 4. The van der Waals surface area contributed by atoms with Crippen LogP contribution in [0.3, 0.4) is 0 Å². The summed E-state index contributed by atoms with van der Waals surface area (Å²) in [5, 5.41) is 36.0. The van der Waals surface area contributed by atoms with Gasteiger partial charge >= 0.3 is 0 Å². The molecule has 0 aliphatic rings.